The molecule has 1 aliphatic heterocycles. The van der Waals surface area contributed by atoms with Gasteiger partial charge in [0.2, 0.25) is 5.91 Å². The summed E-state index contributed by atoms with van der Waals surface area (Å²) < 4.78 is 14.0. The van der Waals surface area contributed by atoms with Crippen LogP contribution in [-0.2, 0) is 4.79 Å². The van der Waals surface area contributed by atoms with Gasteiger partial charge in [0, 0.05) is 24.7 Å². The quantitative estimate of drug-likeness (QED) is 0.836. The summed E-state index contributed by atoms with van der Waals surface area (Å²) in [5.74, 6) is -1.26. The summed E-state index contributed by atoms with van der Waals surface area (Å²) >= 11 is 5.99. The number of anilines is 1. The molecule has 1 aliphatic rings. The lowest BCUT2D eigenvalue weighted by molar-refractivity contribution is -0.121. The fourth-order valence-corrected chi connectivity index (χ4v) is 3.69. The Morgan fingerprint density at radius 3 is 2.26 bits per heavy atom. The summed E-state index contributed by atoms with van der Waals surface area (Å²) in [5, 5.41) is 3.13. The number of hydrogen-bond acceptors (Lipinski definition) is 2. The highest BCUT2D eigenvalue weighted by atomic mass is 35.5. The van der Waals surface area contributed by atoms with Crippen LogP contribution in [0.15, 0.2) is 36.4 Å². The summed E-state index contributed by atoms with van der Waals surface area (Å²) in [6, 6.07) is 10.1. The van der Waals surface area contributed by atoms with E-state index in [1.165, 1.54) is 18.2 Å². The van der Waals surface area contributed by atoms with E-state index in [1.54, 1.807) is 4.90 Å². The number of nitrogens with one attached hydrogen (secondary N) is 1. The van der Waals surface area contributed by atoms with E-state index in [2.05, 4.69) is 5.32 Å². The first kappa shape index (κ1) is 19.4. The fraction of sp³-hybridized carbons (Fsp3) is 0.333. The number of likely N-dealkylation sites (tertiary alicyclic amines) is 1. The number of para-hydroxylation sites is 1. The van der Waals surface area contributed by atoms with Crippen molar-refractivity contribution in [3.8, 4) is 0 Å². The highest BCUT2D eigenvalue weighted by Crippen LogP contribution is 2.26. The average Bonchev–Trinajstić information content (AvgIpc) is 2.64. The van der Waals surface area contributed by atoms with Crippen molar-refractivity contribution in [2.24, 2.45) is 5.92 Å². The van der Waals surface area contributed by atoms with Crippen molar-refractivity contribution in [2.45, 2.75) is 26.7 Å². The molecular formula is C21H22ClFN2O2. The molecule has 27 heavy (non-hydrogen) atoms. The van der Waals surface area contributed by atoms with Gasteiger partial charge in [0.05, 0.1) is 10.6 Å². The van der Waals surface area contributed by atoms with Crippen LogP contribution in [0.1, 0.15) is 34.3 Å². The van der Waals surface area contributed by atoms with Gasteiger partial charge >= 0.3 is 0 Å². The molecule has 0 radical (unpaired) electrons. The van der Waals surface area contributed by atoms with Crippen molar-refractivity contribution >= 4 is 29.1 Å². The van der Waals surface area contributed by atoms with Crippen LogP contribution < -0.4 is 5.32 Å². The van der Waals surface area contributed by atoms with Gasteiger partial charge in [-0.05, 0) is 49.9 Å². The topological polar surface area (TPSA) is 49.4 Å². The Balaban J connectivity index is 1.63. The highest BCUT2D eigenvalue weighted by Gasteiger charge is 2.30. The van der Waals surface area contributed by atoms with Gasteiger partial charge < -0.3 is 10.2 Å². The van der Waals surface area contributed by atoms with E-state index in [4.69, 9.17) is 11.6 Å². The lowest BCUT2D eigenvalue weighted by Crippen LogP contribution is -2.41. The van der Waals surface area contributed by atoms with E-state index in [0.29, 0.717) is 25.9 Å². The third-order valence-corrected chi connectivity index (χ3v) is 5.37. The highest BCUT2D eigenvalue weighted by molar-refractivity contribution is 6.33. The molecule has 0 saturated carbocycles. The Labute approximate surface area is 163 Å². The normalized spacial score (nSPS) is 14.9. The zero-order valence-corrected chi connectivity index (χ0v) is 16.1. The third-order valence-electron chi connectivity index (χ3n) is 5.06. The number of benzene rings is 2. The lowest BCUT2D eigenvalue weighted by Gasteiger charge is -2.32. The smallest absolute Gasteiger partial charge is 0.258 e. The molecule has 142 valence electrons. The van der Waals surface area contributed by atoms with Crippen molar-refractivity contribution in [3.05, 3.63) is 63.9 Å². The largest absolute Gasteiger partial charge is 0.338 e. The van der Waals surface area contributed by atoms with Crippen molar-refractivity contribution in [1.29, 1.82) is 0 Å². The number of halogens is 2. The molecule has 0 atom stereocenters. The summed E-state index contributed by atoms with van der Waals surface area (Å²) in [7, 11) is 0. The first-order chi connectivity index (χ1) is 12.9. The maximum Gasteiger partial charge on any atom is 0.258 e. The van der Waals surface area contributed by atoms with E-state index in [-0.39, 0.29) is 22.4 Å². The van der Waals surface area contributed by atoms with E-state index in [0.717, 1.165) is 16.8 Å². The Bertz CT molecular complexity index is 836. The molecule has 4 nitrogen and oxygen atoms in total. The van der Waals surface area contributed by atoms with Gasteiger partial charge in [-0.15, -0.1) is 0 Å². The van der Waals surface area contributed by atoms with Crippen LogP contribution >= 0.6 is 11.6 Å². The lowest BCUT2D eigenvalue weighted by atomic mass is 9.95. The molecule has 1 fully saturated rings. The van der Waals surface area contributed by atoms with Gasteiger partial charge in [0.1, 0.15) is 5.82 Å². The first-order valence-corrected chi connectivity index (χ1v) is 9.36. The fourth-order valence-electron chi connectivity index (χ4n) is 3.44. The van der Waals surface area contributed by atoms with Crippen molar-refractivity contribution in [1.82, 2.24) is 4.90 Å². The molecule has 1 heterocycles. The number of amides is 2. The van der Waals surface area contributed by atoms with Gasteiger partial charge in [-0.3, -0.25) is 9.59 Å². The number of carbonyl (C=O) groups excluding carboxylic acids is 2. The summed E-state index contributed by atoms with van der Waals surface area (Å²) in [6.07, 6.45) is 1.07. The van der Waals surface area contributed by atoms with Gasteiger partial charge in [-0.2, -0.15) is 0 Å². The molecule has 0 bridgehead atoms. The Kier molecular flexibility index (Phi) is 5.80. The monoisotopic (exact) mass is 388 g/mol. The maximum atomic E-state index is 14.0. The molecule has 2 aromatic rings. The van der Waals surface area contributed by atoms with Crippen LogP contribution in [0.5, 0.6) is 0 Å². The number of piperidine rings is 1. The van der Waals surface area contributed by atoms with Crippen LogP contribution in [0, 0.1) is 25.6 Å². The van der Waals surface area contributed by atoms with Crippen LogP contribution in [-0.4, -0.2) is 29.8 Å². The molecule has 1 saturated heterocycles. The molecule has 0 spiro atoms. The number of rotatable bonds is 3. The van der Waals surface area contributed by atoms with Crippen molar-refractivity contribution in [2.75, 3.05) is 18.4 Å². The second-order valence-electron chi connectivity index (χ2n) is 6.92. The van der Waals surface area contributed by atoms with E-state index in [1.807, 2.05) is 32.0 Å². The van der Waals surface area contributed by atoms with E-state index < -0.39 is 11.7 Å². The minimum atomic E-state index is -0.623. The van der Waals surface area contributed by atoms with Crippen molar-refractivity contribution < 1.29 is 14.0 Å². The zero-order chi connectivity index (χ0) is 19.6. The van der Waals surface area contributed by atoms with Crippen LogP contribution in [0.25, 0.3) is 0 Å². The summed E-state index contributed by atoms with van der Waals surface area (Å²) in [6.45, 7) is 4.72. The SMILES string of the molecule is Cc1cccc(C)c1NC(=O)C1CCN(C(=O)c2c(F)cccc2Cl)CC1. The zero-order valence-electron chi connectivity index (χ0n) is 15.4. The van der Waals surface area contributed by atoms with Crippen LogP contribution in [0.4, 0.5) is 10.1 Å². The predicted octanol–water partition coefficient (Wildman–Crippen LogP) is 4.59. The minimum absolute atomic E-state index is 0.0385. The molecule has 6 heteroatoms. The van der Waals surface area contributed by atoms with E-state index in [9.17, 15) is 14.0 Å². The molecular weight excluding hydrogens is 367 g/mol. The molecule has 2 aromatic carbocycles. The number of nitrogens with zero attached hydrogens (tertiary/aromatic N) is 1. The second kappa shape index (κ2) is 8.09. The van der Waals surface area contributed by atoms with Gasteiger partial charge in [-0.1, -0.05) is 35.9 Å². The summed E-state index contributed by atoms with van der Waals surface area (Å²) in [5.41, 5.74) is 2.78. The molecule has 0 aliphatic carbocycles. The first-order valence-electron chi connectivity index (χ1n) is 8.99. The Morgan fingerprint density at radius 1 is 1.07 bits per heavy atom. The predicted molar refractivity (Wildman–Crippen MR) is 105 cm³/mol. The molecule has 0 unspecified atom stereocenters. The van der Waals surface area contributed by atoms with E-state index >= 15 is 0 Å². The number of hydrogen-bond donors (Lipinski definition) is 1. The average molecular weight is 389 g/mol. The minimum Gasteiger partial charge on any atom is -0.338 e. The number of aryl methyl sites for hydroxylation is 2. The Hall–Kier alpha value is -2.40. The number of carbonyl (C=O) groups is 2. The molecule has 3 rings (SSSR count). The molecule has 0 aromatic heterocycles. The van der Waals surface area contributed by atoms with Gasteiger partial charge in [0.25, 0.3) is 5.91 Å². The molecule has 2 amide bonds. The Morgan fingerprint density at radius 2 is 1.67 bits per heavy atom. The standard InChI is InChI=1S/C21H22ClFN2O2/c1-13-5-3-6-14(2)19(13)24-20(26)15-9-11-25(12-10-15)21(27)18-16(22)7-4-8-17(18)23/h3-8,15H,9-12H2,1-2H3,(H,24,26). The van der Waals surface area contributed by atoms with Gasteiger partial charge in [0.15, 0.2) is 0 Å². The van der Waals surface area contributed by atoms with Crippen molar-refractivity contribution in [3.63, 3.8) is 0 Å². The van der Waals surface area contributed by atoms with Gasteiger partial charge in [-0.25, -0.2) is 4.39 Å². The maximum absolute atomic E-state index is 14.0. The summed E-state index contributed by atoms with van der Waals surface area (Å²) in [4.78, 5) is 26.8. The van der Waals surface area contributed by atoms with Crippen LogP contribution in [0.2, 0.25) is 5.02 Å². The van der Waals surface area contributed by atoms with Crippen LogP contribution in [0.3, 0.4) is 0 Å². The second-order valence-corrected chi connectivity index (χ2v) is 7.33. The molecule has 1 N–H and O–H groups in total. The third kappa shape index (κ3) is 4.14.